The van der Waals surface area contributed by atoms with Crippen LogP contribution in [-0.2, 0) is 13.1 Å². The number of hydrogen-bond acceptors (Lipinski definition) is 2. The molecule has 3 aromatic carbocycles. The zero-order valence-electron chi connectivity index (χ0n) is 13.3. The number of aromatic nitrogens is 1. The number of benzene rings is 3. The molecule has 0 fully saturated rings. The Morgan fingerprint density at radius 1 is 0.750 bits per heavy atom. The summed E-state index contributed by atoms with van der Waals surface area (Å²) < 4.78 is 0. The lowest BCUT2D eigenvalue weighted by Crippen LogP contribution is -2.20. The van der Waals surface area contributed by atoms with Crippen LogP contribution in [-0.4, -0.2) is 4.98 Å². The molecule has 0 radical (unpaired) electrons. The summed E-state index contributed by atoms with van der Waals surface area (Å²) in [6, 6.07) is 24.6. The van der Waals surface area contributed by atoms with Gasteiger partial charge in [-0.15, -0.1) is 0 Å². The fourth-order valence-electron chi connectivity index (χ4n) is 3.01. The number of rotatable bonds is 4. The molecule has 0 spiro atoms. The second-order valence-corrected chi connectivity index (χ2v) is 6.00. The Morgan fingerprint density at radius 3 is 2.38 bits per heavy atom. The second-order valence-electron chi connectivity index (χ2n) is 6.00. The summed E-state index contributed by atoms with van der Waals surface area (Å²) in [7, 11) is 0. The summed E-state index contributed by atoms with van der Waals surface area (Å²) in [4.78, 5) is 15.1. The zero-order chi connectivity index (χ0) is 16.4. The van der Waals surface area contributed by atoms with Crippen molar-refractivity contribution in [3.63, 3.8) is 0 Å². The Kier molecular flexibility index (Phi) is 3.85. The van der Waals surface area contributed by atoms with Gasteiger partial charge in [-0.2, -0.15) is 0 Å². The van der Waals surface area contributed by atoms with Crippen LogP contribution in [0, 0.1) is 0 Å². The van der Waals surface area contributed by atoms with Crippen molar-refractivity contribution in [2.24, 2.45) is 0 Å². The van der Waals surface area contributed by atoms with Gasteiger partial charge in [-0.1, -0.05) is 54.6 Å². The number of hydrogen-bond donors (Lipinski definition) is 2. The smallest absolute Gasteiger partial charge is 0.252 e. The molecular weight excluding hydrogens is 296 g/mol. The molecule has 0 aliphatic carbocycles. The Bertz CT molecular complexity index is 1070. The van der Waals surface area contributed by atoms with Gasteiger partial charge in [-0.25, -0.2) is 0 Å². The number of nitrogens with one attached hydrogen (secondary N) is 2. The molecule has 3 nitrogen and oxygen atoms in total. The van der Waals surface area contributed by atoms with Gasteiger partial charge in [-0.3, -0.25) is 4.79 Å². The highest BCUT2D eigenvalue weighted by molar-refractivity contribution is 5.83. The summed E-state index contributed by atoms with van der Waals surface area (Å²) >= 11 is 0. The summed E-state index contributed by atoms with van der Waals surface area (Å²) in [5.41, 5.74) is 2.82. The normalized spacial score (nSPS) is 11.2. The van der Waals surface area contributed by atoms with Gasteiger partial charge in [0.15, 0.2) is 0 Å². The van der Waals surface area contributed by atoms with E-state index in [4.69, 9.17) is 0 Å². The molecule has 2 N–H and O–H groups in total. The van der Waals surface area contributed by atoms with Crippen molar-refractivity contribution in [2.75, 3.05) is 0 Å². The third kappa shape index (κ3) is 2.94. The Morgan fingerprint density at radius 2 is 1.50 bits per heavy atom. The summed E-state index contributed by atoms with van der Waals surface area (Å²) in [6.45, 7) is 1.28. The predicted octanol–water partition coefficient (Wildman–Crippen LogP) is 3.97. The van der Waals surface area contributed by atoms with E-state index in [0.717, 1.165) is 23.0 Å². The van der Waals surface area contributed by atoms with Crippen LogP contribution in [0.3, 0.4) is 0 Å². The summed E-state index contributed by atoms with van der Waals surface area (Å²) in [6.07, 6.45) is 0. The van der Waals surface area contributed by atoms with Crippen LogP contribution in [0.4, 0.5) is 0 Å². The molecule has 1 heterocycles. The van der Waals surface area contributed by atoms with Crippen LogP contribution in [0.5, 0.6) is 0 Å². The van der Waals surface area contributed by atoms with Crippen molar-refractivity contribution in [3.8, 4) is 0 Å². The maximum absolute atomic E-state index is 12.2. The van der Waals surface area contributed by atoms with Gasteiger partial charge in [0.1, 0.15) is 0 Å². The molecular formula is C21H18N2O. The zero-order valence-corrected chi connectivity index (χ0v) is 13.3. The first-order valence-electron chi connectivity index (χ1n) is 8.09. The molecule has 0 bridgehead atoms. The monoisotopic (exact) mass is 314 g/mol. The van der Waals surface area contributed by atoms with Crippen LogP contribution in [0.25, 0.3) is 21.7 Å². The van der Waals surface area contributed by atoms with Gasteiger partial charge < -0.3 is 10.3 Å². The minimum Gasteiger partial charge on any atom is -0.322 e. The minimum atomic E-state index is -0.0280. The highest BCUT2D eigenvalue weighted by atomic mass is 16.1. The summed E-state index contributed by atoms with van der Waals surface area (Å²) in [5.74, 6) is 0. The largest absolute Gasteiger partial charge is 0.322 e. The highest BCUT2D eigenvalue weighted by Gasteiger charge is 2.03. The molecule has 0 aliphatic heterocycles. The molecule has 0 saturated heterocycles. The lowest BCUT2D eigenvalue weighted by Gasteiger charge is -2.07. The Labute approximate surface area is 140 Å². The van der Waals surface area contributed by atoms with E-state index in [0.29, 0.717) is 6.54 Å². The maximum atomic E-state index is 12.2. The maximum Gasteiger partial charge on any atom is 0.252 e. The standard InChI is InChI=1S/C21H18N2O/c24-21-19(12-18-7-3-4-8-20(18)23-21)14-22-13-15-9-10-16-5-1-2-6-17(16)11-15/h1-12,22H,13-14H2,(H,23,24). The van der Waals surface area contributed by atoms with E-state index < -0.39 is 0 Å². The van der Waals surface area contributed by atoms with Crippen molar-refractivity contribution in [3.05, 3.63) is 94.3 Å². The molecule has 118 valence electrons. The van der Waals surface area contributed by atoms with E-state index in [1.165, 1.54) is 16.3 Å². The third-order valence-electron chi connectivity index (χ3n) is 4.29. The lowest BCUT2D eigenvalue weighted by atomic mass is 10.1. The number of aromatic amines is 1. The van der Waals surface area contributed by atoms with Gasteiger partial charge in [0.25, 0.3) is 5.56 Å². The first-order chi connectivity index (χ1) is 11.8. The van der Waals surface area contributed by atoms with E-state index in [2.05, 4.69) is 40.6 Å². The molecule has 4 rings (SSSR count). The molecule has 0 saturated carbocycles. The molecule has 0 aliphatic rings. The van der Waals surface area contributed by atoms with Gasteiger partial charge in [0.2, 0.25) is 0 Å². The van der Waals surface area contributed by atoms with Crippen LogP contribution in [0.1, 0.15) is 11.1 Å². The first kappa shape index (κ1) is 14.7. The van der Waals surface area contributed by atoms with Crippen LogP contribution in [0.2, 0.25) is 0 Å². The topological polar surface area (TPSA) is 44.9 Å². The SMILES string of the molecule is O=c1[nH]c2ccccc2cc1CNCc1ccc2ccccc2c1. The van der Waals surface area contributed by atoms with E-state index in [9.17, 15) is 4.79 Å². The number of pyridine rings is 1. The van der Waals surface area contributed by atoms with E-state index in [1.807, 2.05) is 42.5 Å². The van der Waals surface area contributed by atoms with E-state index in [1.54, 1.807) is 0 Å². The van der Waals surface area contributed by atoms with Crippen molar-refractivity contribution in [1.82, 2.24) is 10.3 Å². The predicted molar refractivity (Wildman–Crippen MR) is 99.1 cm³/mol. The minimum absolute atomic E-state index is 0.0280. The quantitative estimate of drug-likeness (QED) is 0.598. The molecule has 1 aromatic heterocycles. The third-order valence-corrected chi connectivity index (χ3v) is 4.29. The average molecular weight is 314 g/mol. The molecule has 4 aromatic rings. The Hall–Kier alpha value is -2.91. The van der Waals surface area contributed by atoms with Crippen molar-refractivity contribution in [1.29, 1.82) is 0 Å². The fourth-order valence-corrected chi connectivity index (χ4v) is 3.01. The van der Waals surface area contributed by atoms with Crippen LogP contribution < -0.4 is 10.9 Å². The van der Waals surface area contributed by atoms with Gasteiger partial charge in [0, 0.05) is 24.2 Å². The van der Waals surface area contributed by atoms with E-state index >= 15 is 0 Å². The van der Waals surface area contributed by atoms with Gasteiger partial charge in [0.05, 0.1) is 0 Å². The van der Waals surface area contributed by atoms with E-state index in [-0.39, 0.29) is 5.56 Å². The Balaban J connectivity index is 1.50. The van der Waals surface area contributed by atoms with Crippen LogP contribution >= 0.6 is 0 Å². The fraction of sp³-hybridized carbons (Fsp3) is 0.0952. The van der Waals surface area contributed by atoms with Crippen LogP contribution in [0.15, 0.2) is 77.6 Å². The molecule has 24 heavy (non-hydrogen) atoms. The molecule has 0 unspecified atom stereocenters. The van der Waals surface area contributed by atoms with Gasteiger partial charge in [-0.05, 0) is 39.9 Å². The van der Waals surface area contributed by atoms with Crippen molar-refractivity contribution < 1.29 is 0 Å². The highest BCUT2D eigenvalue weighted by Crippen LogP contribution is 2.15. The average Bonchev–Trinajstić information content (AvgIpc) is 2.62. The number of fused-ring (bicyclic) bond motifs is 2. The lowest BCUT2D eigenvalue weighted by molar-refractivity contribution is 0.689. The number of para-hydroxylation sites is 1. The van der Waals surface area contributed by atoms with Crippen molar-refractivity contribution >= 4 is 21.7 Å². The molecule has 0 amide bonds. The number of H-pyrrole nitrogens is 1. The summed E-state index contributed by atoms with van der Waals surface area (Å²) in [5, 5.41) is 6.90. The molecule has 3 heteroatoms. The van der Waals surface area contributed by atoms with Crippen molar-refractivity contribution in [2.45, 2.75) is 13.1 Å². The van der Waals surface area contributed by atoms with Gasteiger partial charge >= 0.3 is 0 Å². The first-order valence-corrected chi connectivity index (χ1v) is 8.09. The molecule has 0 atom stereocenters. The second kappa shape index (κ2) is 6.30.